The number of amides is 1. The molecule has 1 aromatic heterocycles. The smallest absolute Gasteiger partial charge is 0.270 e. The zero-order chi connectivity index (χ0) is 26.0. The Kier molecular flexibility index (Phi) is 8.01. The second-order valence-corrected chi connectivity index (χ2v) is 11.4. The van der Waals surface area contributed by atoms with Crippen molar-refractivity contribution in [2.75, 3.05) is 18.0 Å². The number of rotatable bonds is 6. The Balaban J connectivity index is 1.81. The molecule has 0 spiro atoms. The molecule has 2 aliphatic rings. The lowest BCUT2D eigenvalue weighted by Gasteiger charge is -2.36. The average Bonchev–Trinajstić information content (AvgIpc) is 3.11. The van der Waals surface area contributed by atoms with E-state index in [1.54, 1.807) is 9.47 Å². The van der Waals surface area contributed by atoms with Crippen molar-refractivity contribution in [3.8, 4) is 6.07 Å². The van der Waals surface area contributed by atoms with E-state index in [1.807, 2.05) is 51.1 Å². The van der Waals surface area contributed by atoms with E-state index in [9.17, 15) is 14.9 Å². The molecule has 4 rings (SSSR count). The molecule has 1 amide bonds. The lowest BCUT2D eigenvalue weighted by molar-refractivity contribution is -0.122. The number of carbonyl (C=O) groups excluding carboxylic acids is 1. The number of piperidine rings is 1. The van der Waals surface area contributed by atoms with Crippen LogP contribution in [-0.2, 0) is 17.9 Å². The highest BCUT2D eigenvalue weighted by molar-refractivity contribution is 8.26. The second-order valence-electron chi connectivity index (χ2n) is 9.75. The van der Waals surface area contributed by atoms with Gasteiger partial charge in [0.15, 0.2) is 0 Å². The predicted octanol–water partition coefficient (Wildman–Crippen LogP) is 5.38. The van der Waals surface area contributed by atoms with Gasteiger partial charge in [0.25, 0.3) is 11.5 Å². The highest BCUT2D eigenvalue weighted by Gasteiger charge is 2.33. The summed E-state index contributed by atoms with van der Waals surface area (Å²) in [5.74, 6) is 1.17. The maximum absolute atomic E-state index is 13.5. The molecule has 2 aliphatic heterocycles. The number of nitrogens with zero attached hydrogens (tertiary/aromatic N) is 4. The van der Waals surface area contributed by atoms with Crippen molar-refractivity contribution < 1.29 is 4.79 Å². The van der Waals surface area contributed by atoms with Crippen LogP contribution in [-0.4, -0.2) is 32.8 Å². The molecular weight excluding hydrogens is 488 g/mol. The molecule has 0 radical (unpaired) electrons. The van der Waals surface area contributed by atoms with Gasteiger partial charge in [0, 0.05) is 25.2 Å². The monoisotopic (exact) mass is 520 g/mol. The maximum atomic E-state index is 13.5. The first-order valence-electron chi connectivity index (χ1n) is 12.5. The minimum absolute atomic E-state index is 0.138. The molecule has 0 saturated carbocycles. The fourth-order valence-electron chi connectivity index (χ4n) is 4.94. The van der Waals surface area contributed by atoms with E-state index in [4.69, 9.17) is 12.2 Å². The molecule has 2 fully saturated rings. The number of hydrogen-bond acceptors (Lipinski definition) is 6. The molecule has 1 aromatic carbocycles. The number of pyridine rings is 1. The van der Waals surface area contributed by atoms with Gasteiger partial charge in [-0.05, 0) is 56.2 Å². The van der Waals surface area contributed by atoms with Gasteiger partial charge in [-0.2, -0.15) is 5.26 Å². The number of carbonyl (C=O) groups is 1. The summed E-state index contributed by atoms with van der Waals surface area (Å²) in [6.45, 7) is 10.7. The van der Waals surface area contributed by atoms with E-state index < -0.39 is 0 Å². The minimum Gasteiger partial charge on any atom is -0.357 e. The first-order valence-corrected chi connectivity index (χ1v) is 13.7. The summed E-state index contributed by atoms with van der Waals surface area (Å²) in [6.07, 6.45) is 4.81. The number of thioether (sulfide) groups is 1. The Morgan fingerprint density at radius 3 is 2.58 bits per heavy atom. The van der Waals surface area contributed by atoms with E-state index in [0.29, 0.717) is 33.8 Å². The number of nitriles is 1. The third kappa shape index (κ3) is 5.14. The van der Waals surface area contributed by atoms with E-state index in [-0.39, 0.29) is 17.0 Å². The van der Waals surface area contributed by atoms with Crippen molar-refractivity contribution in [2.45, 2.75) is 60.0 Å². The van der Waals surface area contributed by atoms with Crippen LogP contribution in [0.3, 0.4) is 0 Å². The molecule has 188 valence electrons. The lowest BCUT2D eigenvalue weighted by Crippen LogP contribution is -2.40. The van der Waals surface area contributed by atoms with Crippen LogP contribution in [0.15, 0.2) is 34.0 Å². The fraction of sp³-hybridized carbons (Fsp3) is 0.429. The molecule has 1 atom stereocenters. The van der Waals surface area contributed by atoms with Gasteiger partial charge in [0.1, 0.15) is 21.8 Å². The van der Waals surface area contributed by atoms with Gasteiger partial charge in [-0.25, -0.2) is 0 Å². The van der Waals surface area contributed by atoms with Crippen molar-refractivity contribution in [1.82, 2.24) is 9.47 Å². The molecule has 2 aromatic rings. The first-order chi connectivity index (χ1) is 17.2. The quantitative estimate of drug-likeness (QED) is 0.376. The second kappa shape index (κ2) is 11.0. The van der Waals surface area contributed by atoms with Crippen LogP contribution >= 0.6 is 24.0 Å². The zero-order valence-electron chi connectivity index (χ0n) is 21.3. The van der Waals surface area contributed by atoms with Crippen molar-refractivity contribution in [3.63, 3.8) is 0 Å². The summed E-state index contributed by atoms with van der Waals surface area (Å²) in [5, 5.41) is 9.84. The van der Waals surface area contributed by atoms with Gasteiger partial charge in [-0.15, -0.1) is 0 Å². The molecule has 6 nitrogen and oxygen atoms in total. The van der Waals surface area contributed by atoms with Crippen LogP contribution in [0.5, 0.6) is 0 Å². The van der Waals surface area contributed by atoms with Crippen LogP contribution in [0.1, 0.15) is 60.9 Å². The molecule has 0 aliphatic carbocycles. The summed E-state index contributed by atoms with van der Waals surface area (Å²) >= 11 is 6.87. The summed E-state index contributed by atoms with van der Waals surface area (Å²) in [6, 6.07) is 10.2. The molecule has 0 bridgehead atoms. The van der Waals surface area contributed by atoms with Gasteiger partial charge < -0.3 is 4.90 Å². The van der Waals surface area contributed by atoms with Crippen molar-refractivity contribution >= 4 is 46.1 Å². The normalized spacial score (nSPS) is 19.3. The largest absolute Gasteiger partial charge is 0.357 e. The predicted molar refractivity (Wildman–Crippen MR) is 151 cm³/mol. The summed E-state index contributed by atoms with van der Waals surface area (Å²) in [4.78, 5) is 31.2. The standard InChI is InChI=1S/C28H32N4O2S2/c1-5-12-31-25(30-13-6-7-19(3)16-30)22(20(4)23(15-29)26(31)33)14-24-27(34)32(28(35)36-24)17-21-10-8-18(2)9-11-21/h8-11,14,19H,5-7,12-13,16-17H2,1-4H3/b24-14-. The summed E-state index contributed by atoms with van der Waals surface area (Å²) in [5.41, 5.74) is 3.44. The van der Waals surface area contributed by atoms with Gasteiger partial charge in [0.05, 0.1) is 11.4 Å². The van der Waals surface area contributed by atoms with E-state index in [1.165, 1.54) is 11.8 Å². The van der Waals surface area contributed by atoms with Crippen LogP contribution in [0.4, 0.5) is 5.82 Å². The minimum atomic E-state index is -0.255. The summed E-state index contributed by atoms with van der Waals surface area (Å²) in [7, 11) is 0. The Labute approximate surface area is 222 Å². The van der Waals surface area contributed by atoms with E-state index in [0.717, 1.165) is 54.9 Å². The third-order valence-electron chi connectivity index (χ3n) is 6.86. The Hall–Kier alpha value is -2.89. The number of benzene rings is 1. The average molecular weight is 521 g/mol. The van der Waals surface area contributed by atoms with E-state index >= 15 is 0 Å². The third-order valence-corrected chi connectivity index (χ3v) is 8.24. The number of aromatic nitrogens is 1. The van der Waals surface area contributed by atoms with Gasteiger partial charge >= 0.3 is 0 Å². The number of thiocarbonyl (C=S) groups is 1. The van der Waals surface area contributed by atoms with Crippen LogP contribution in [0.25, 0.3) is 6.08 Å². The number of anilines is 1. The number of hydrogen-bond donors (Lipinski definition) is 0. The van der Waals surface area contributed by atoms with Crippen molar-refractivity contribution in [1.29, 1.82) is 5.26 Å². The molecule has 1 unspecified atom stereocenters. The molecule has 36 heavy (non-hydrogen) atoms. The topological polar surface area (TPSA) is 69.3 Å². The van der Waals surface area contributed by atoms with Crippen LogP contribution in [0.2, 0.25) is 0 Å². The van der Waals surface area contributed by atoms with Crippen molar-refractivity contribution in [3.05, 3.63) is 67.3 Å². The molecule has 8 heteroatoms. The highest BCUT2D eigenvalue weighted by atomic mass is 32.2. The Bertz CT molecular complexity index is 1320. The van der Waals surface area contributed by atoms with Gasteiger partial charge in [-0.3, -0.25) is 19.1 Å². The molecule has 2 saturated heterocycles. The van der Waals surface area contributed by atoms with Crippen LogP contribution in [0, 0.1) is 31.1 Å². The first kappa shape index (κ1) is 26.2. The van der Waals surface area contributed by atoms with Crippen LogP contribution < -0.4 is 10.5 Å². The van der Waals surface area contributed by atoms with E-state index in [2.05, 4.69) is 17.9 Å². The fourth-order valence-corrected chi connectivity index (χ4v) is 6.18. The number of aryl methyl sites for hydroxylation is 1. The highest BCUT2D eigenvalue weighted by Crippen LogP contribution is 2.37. The maximum Gasteiger partial charge on any atom is 0.270 e. The Morgan fingerprint density at radius 1 is 1.22 bits per heavy atom. The van der Waals surface area contributed by atoms with Crippen molar-refractivity contribution in [2.24, 2.45) is 5.92 Å². The Morgan fingerprint density at radius 2 is 1.94 bits per heavy atom. The molecular formula is C28H32N4O2S2. The lowest BCUT2D eigenvalue weighted by atomic mass is 9.98. The zero-order valence-corrected chi connectivity index (χ0v) is 23.0. The van der Waals surface area contributed by atoms with Gasteiger partial charge in [0.2, 0.25) is 0 Å². The summed E-state index contributed by atoms with van der Waals surface area (Å²) < 4.78 is 2.25. The SMILES string of the molecule is CCCn1c(N2CCCC(C)C2)c(/C=C2\SC(=S)N(Cc3ccc(C)cc3)C2=O)c(C)c(C#N)c1=O. The van der Waals surface area contributed by atoms with Gasteiger partial charge in [-0.1, -0.05) is 67.7 Å². The molecule has 0 N–H and O–H groups in total. The molecule has 3 heterocycles.